The summed E-state index contributed by atoms with van der Waals surface area (Å²) in [5.74, 6) is 0.643. The highest BCUT2D eigenvalue weighted by molar-refractivity contribution is 5.41. The third-order valence-electron chi connectivity index (χ3n) is 2.71. The number of allylic oxidation sites excluding steroid dienone is 1. The summed E-state index contributed by atoms with van der Waals surface area (Å²) in [6, 6.07) is 0. The van der Waals surface area contributed by atoms with Crippen molar-refractivity contribution >= 4 is 0 Å². The molecule has 0 bridgehead atoms. The second-order valence-electron chi connectivity index (χ2n) is 3.67. The van der Waals surface area contributed by atoms with E-state index >= 15 is 0 Å². The Morgan fingerprint density at radius 3 is 3.08 bits per heavy atom. The molecule has 13 heavy (non-hydrogen) atoms. The van der Waals surface area contributed by atoms with Crippen molar-refractivity contribution in [3.8, 4) is 0 Å². The van der Waals surface area contributed by atoms with Crippen LogP contribution in [0.4, 0.5) is 0 Å². The van der Waals surface area contributed by atoms with Crippen LogP contribution in [0.3, 0.4) is 0 Å². The molecule has 0 radical (unpaired) electrons. The van der Waals surface area contributed by atoms with Crippen molar-refractivity contribution < 1.29 is 19.7 Å². The molecule has 0 amide bonds. The van der Waals surface area contributed by atoms with E-state index in [0.29, 0.717) is 12.2 Å². The van der Waals surface area contributed by atoms with E-state index in [2.05, 4.69) is 0 Å². The van der Waals surface area contributed by atoms with Crippen molar-refractivity contribution in [1.29, 1.82) is 0 Å². The molecule has 3 aliphatic rings. The van der Waals surface area contributed by atoms with E-state index in [1.807, 2.05) is 0 Å². The van der Waals surface area contributed by atoms with E-state index in [-0.39, 0.29) is 11.9 Å². The standard InChI is InChI=1S/C9H10O4/c10-6-1-2-7(11)9(8(6)13-9)3-5-4-12-5/h1-2,5,7,10-11H,3-4H2. The van der Waals surface area contributed by atoms with Gasteiger partial charge in [-0.15, -0.1) is 0 Å². The van der Waals surface area contributed by atoms with E-state index in [0.717, 1.165) is 6.61 Å². The van der Waals surface area contributed by atoms with Crippen molar-refractivity contribution in [3.63, 3.8) is 0 Å². The average Bonchev–Trinajstić information content (AvgIpc) is 2.95. The van der Waals surface area contributed by atoms with Crippen molar-refractivity contribution in [2.24, 2.45) is 0 Å². The third-order valence-corrected chi connectivity index (χ3v) is 2.71. The maximum atomic E-state index is 9.65. The number of hydrogen-bond donors (Lipinski definition) is 2. The van der Waals surface area contributed by atoms with Gasteiger partial charge < -0.3 is 19.7 Å². The zero-order chi connectivity index (χ0) is 9.05. The first-order valence-electron chi connectivity index (χ1n) is 4.33. The van der Waals surface area contributed by atoms with Crippen LogP contribution in [0.1, 0.15) is 6.42 Å². The second-order valence-corrected chi connectivity index (χ2v) is 3.67. The van der Waals surface area contributed by atoms with E-state index in [9.17, 15) is 10.2 Å². The molecule has 3 unspecified atom stereocenters. The van der Waals surface area contributed by atoms with Gasteiger partial charge in [0.25, 0.3) is 0 Å². The van der Waals surface area contributed by atoms with Gasteiger partial charge in [0.1, 0.15) is 6.10 Å². The molecular formula is C9H10O4. The lowest BCUT2D eigenvalue weighted by atomic mass is 9.91. The molecule has 0 spiro atoms. The molecule has 70 valence electrons. The van der Waals surface area contributed by atoms with Gasteiger partial charge in [-0.05, 0) is 12.2 Å². The molecular weight excluding hydrogens is 172 g/mol. The molecule has 4 nitrogen and oxygen atoms in total. The minimum atomic E-state index is -0.667. The highest BCUT2D eigenvalue weighted by Gasteiger charge is 2.63. The Morgan fingerprint density at radius 2 is 2.38 bits per heavy atom. The predicted molar refractivity (Wildman–Crippen MR) is 43.0 cm³/mol. The zero-order valence-electron chi connectivity index (χ0n) is 6.93. The smallest absolute Gasteiger partial charge is 0.201 e. The van der Waals surface area contributed by atoms with Gasteiger partial charge in [0.2, 0.25) is 5.60 Å². The van der Waals surface area contributed by atoms with Crippen molar-refractivity contribution in [2.45, 2.75) is 24.2 Å². The molecule has 2 heterocycles. The lowest BCUT2D eigenvalue weighted by Crippen LogP contribution is -2.30. The molecule has 1 aliphatic carbocycles. The summed E-state index contributed by atoms with van der Waals surface area (Å²) in [4.78, 5) is 0. The monoisotopic (exact) mass is 182 g/mol. The highest BCUT2D eigenvalue weighted by Crippen LogP contribution is 2.52. The summed E-state index contributed by atoms with van der Waals surface area (Å²) >= 11 is 0. The molecule has 0 aromatic rings. The maximum Gasteiger partial charge on any atom is 0.201 e. The molecule has 4 heteroatoms. The first kappa shape index (κ1) is 7.41. The van der Waals surface area contributed by atoms with Crippen molar-refractivity contribution in [2.75, 3.05) is 6.61 Å². The van der Waals surface area contributed by atoms with Gasteiger partial charge in [-0.2, -0.15) is 0 Å². The summed E-state index contributed by atoms with van der Waals surface area (Å²) in [7, 11) is 0. The van der Waals surface area contributed by atoms with E-state index in [4.69, 9.17) is 9.47 Å². The number of fused-ring (bicyclic) bond motifs is 1. The lowest BCUT2D eigenvalue weighted by Gasteiger charge is -2.14. The van der Waals surface area contributed by atoms with Crippen LogP contribution in [-0.4, -0.2) is 34.6 Å². The summed E-state index contributed by atoms with van der Waals surface area (Å²) in [5.41, 5.74) is -0.667. The van der Waals surface area contributed by atoms with Gasteiger partial charge in [0.15, 0.2) is 11.5 Å². The van der Waals surface area contributed by atoms with Gasteiger partial charge in [-0.1, -0.05) is 0 Å². The van der Waals surface area contributed by atoms with Gasteiger partial charge in [-0.25, -0.2) is 0 Å². The first-order chi connectivity index (χ1) is 6.22. The van der Waals surface area contributed by atoms with Crippen LogP contribution in [0.15, 0.2) is 23.7 Å². The van der Waals surface area contributed by atoms with Crippen molar-refractivity contribution in [3.05, 3.63) is 23.7 Å². The number of ether oxygens (including phenoxy) is 2. The topological polar surface area (TPSA) is 65.5 Å². The molecule has 2 aliphatic heterocycles. The molecule has 0 saturated carbocycles. The SMILES string of the molecule is OC1=C2OC2(CC2CO2)C(O)C=C1. The number of epoxide rings is 2. The largest absolute Gasteiger partial charge is 0.504 e. The predicted octanol–water partition coefficient (Wildman–Crippen LogP) is 0.245. The van der Waals surface area contributed by atoms with E-state index < -0.39 is 11.7 Å². The van der Waals surface area contributed by atoms with Crippen LogP contribution in [0.25, 0.3) is 0 Å². The van der Waals surface area contributed by atoms with Gasteiger partial charge in [0, 0.05) is 6.42 Å². The Hall–Kier alpha value is -1.00. The second kappa shape index (κ2) is 2.08. The van der Waals surface area contributed by atoms with E-state index in [1.54, 1.807) is 6.08 Å². The van der Waals surface area contributed by atoms with Gasteiger partial charge >= 0.3 is 0 Å². The van der Waals surface area contributed by atoms with Crippen LogP contribution in [-0.2, 0) is 9.47 Å². The summed E-state index contributed by atoms with van der Waals surface area (Å²) in [6.07, 6.45) is 3.19. The minimum absolute atomic E-state index is 0.131. The Kier molecular flexibility index (Phi) is 1.18. The normalized spacial score (nSPS) is 45.6. The van der Waals surface area contributed by atoms with Crippen LogP contribution >= 0.6 is 0 Å². The highest BCUT2D eigenvalue weighted by atomic mass is 16.6. The Bertz CT molecular complexity index is 316. The van der Waals surface area contributed by atoms with Crippen molar-refractivity contribution in [1.82, 2.24) is 0 Å². The Balaban J connectivity index is 1.87. The molecule has 0 aromatic heterocycles. The van der Waals surface area contributed by atoms with Crippen LogP contribution < -0.4 is 0 Å². The molecule has 3 atom stereocenters. The molecule has 2 saturated heterocycles. The van der Waals surface area contributed by atoms with Crippen LogP contribution in [0, 0.1) is 0 Å². The quantitative estimate of drug-likeness (QED) is 0.600. The number of hydrogen-bond acceptors (Lipinski definition) is 4. The van der Waals surface area contributed by atoms with Crippen LogP contribution in [0.5, 0.6) is 0 Å². The maximum absolute atomic E-state index is 9.65. The molecule has 3 rings (SSSR count). The average molecular weight is 182 g/mol. The Labute approximate surface area is 75.1 Å². The molecule has 0 aromatic carbocycles. The number of aliphatic hydroxyl groups is 2. The summed E-state index contributed by atoms with van der Waals surface area (Å²) in [6.45, 7) is 0.732. The zero-order valence-corrected chi connectivity index (χ0v) is 6.93. The van der Waals surface area contributed by atoms with Crippen LogP contribution in [0.2, 0.25) is 0 Å². The Morgan fingerprint density at radius 1 is 1.62 bits per heavy atom. The lowest BCUT2D eigenvalue weighted by molar-refractivity contribution is 0.0994. The van der Waals surface area contributed by atoms with E-state index in [1.165, 1.54) is 6.08 Å². The molecule has 2 fully saturated rings. The third kappa shape index (κ3) is 0.927. The fourth-order valence-electron chi connectivity index (χ4n) is 1.81. The summed E-state index contributed by atoms with van der Waals surface area (Å²) in [5, 5.41) is 19.0. The summed E-state index contributed by atoms with van der Waals surface area (Å²) < 4.78 is 10.3. The fourth-order valence-corrected chi connectivity index (χ4v) is 1.81. The van der Waals surface area contributed by atoms with Gasteiger partial charge in [-0.3, -0.25) is 0 Å². The van der Waals surface area contributed by atoms with Gasteiger partial charge in [0.05, 0.1) is 12.7 Å². The minimum Gasteiger partial charge on any atom is -0.504 e. The number of aliphatic hydroxyl groups excluding tert-OH is 2. The molecule has 2 N–H and O–H groups in total. The first-order valence-corrected chi connectivity index (χ1v) is 4.33. The number of rotatable bonds is 2. The fraction of sp³-hybridized carbons (Fsp3) is 0.556.